The molecule has 0 aliphatic carbocycles. The number of hydrogen-bond donors (Lipinski definition) is 1. The van der Waals surface area contributed by atoms with Gasteiger partial charge in [-0.2, -0.15) is 0 Å². The summed E-state index contributed by atoms with van der Waals surface area (Å²) in [7, 11) is 0. The van der Waals surface area contributed by atoms with Crippen molar-refractivity contribution in [2.24, 2.45) is 0 Å². The Morgan fingerprint density at radius 1 is 0.842 bits per heavy atom. The predicted octanol–water partition coefficient (Wildman–Crippen LogP) is 6.91. The lowest BCUT2D eigenvalue weighted by Gasteiger charge is -2.18. The molecule has 0 aliphatic heterocycles. The highest BCUT2D eigenvalue weighted by Gasteiger charge is 2.11. The molecule has 1 unspecified atom stereocenters. The monoisotopic (exact) mass is 509 g/mol. The maximum absolute atomic E-state index is 3.58. The van der Waals surface area contributed by atoms with Crippen LogP contribution in [0.5, 0.6) is 0 Å². The third kappa shape index (κ3) is 4.06. The van der Waals surface area contributed by atoms with Crippen molar-refractivity contribution in [1.29, 1.82) is 0 Å². The summed E-state index contributed by atoms with van der Waals surface area (Å²) in [6.45, 7) is 2.14. The van der Waals surface area contributed by atoms with E-state index < -0.39 is 0 Å². The second kappa shape index (κ2) is 6.74. The normalized spacial score (nSPS) is 12.3. The minimum absolute atomic E-state index is 0.224. The first kappa shape index (κ1) is 15.5. The summed E-state index contributed by atoms with van der Waals surface area (Å²) in [4.78, 5) is 0. The Morgan fingerprint density at radius 2 is 1.37 bits per heavy atom. The molecule has 0 amide bonds. The molecular formula is C14H11Br4N. The van der Waals surface area contributed by atoms with Crippen molar-refractivity contribution >= 4 is 69.4 Å². The van der Waals surface area contributed by atoms with Crippen LogP contribution in [0.15, 0.2) is 54.3 Å². The topological polar surface area (TPSA) is 12.0 Å². The summed E-state index contributed by atoms with van der Waals surface area (Å²) < 4.78 is 4.18. The standard InChI is InChI=1S/C14H11Br4N/c1-8(9-2-4-10(15)5-3-9)19-14-12(17)6-11(16)7-13(14)18/h2-8,19H,1H3. The molecule has 2 aromatic rings. The Balaban J connectivity index is 2.24. The molecule has 19 heavy (non-hydrogen) atoms. The van der Waals surface area contributed by atoms with Gasteiger partial charge < -0.3 is 5.32 Å². The van der Waals surface area contributed by atoms with Gasteiger partial charge in [-0.3, -0.25) is 0 Å². The molecule has 0 saturated heterocycles. The van der Waals surface area contributed by atoms with Gasteiger partial charge in [-0.25, -0.2) is 0 Å². The molecule has 100 valence electrons. The second-order valence-corrected chi connectivity index (χ2v) is 7.70. The largest absolute Gasteiger partial charge is 0.377 e. The van der Waals surface area contributed by atoms with Crippen LogP contribution in [-0.2, 0) is 0 Å². The lowest BCUT2D eigenvalue weighted by atomic mass is 10.1. The molecule has 1 atom stereocenters. The van der Waals surface area contributed by atoms with Crippen LogP contribution in [0, 0.1) is 0 Å². The first-order chi connectivity index (χ1) is 8.97. The van der Waals surface area contributed by atoms with Gasteiger partial charge in [-0.1, -0.05) is 44.0 Å². The van der Waals surface area contributed by atoms with E-state index >= 15 is 0 Å². The molecule has 1 N–H and O–H groups in total. The molecular weight excluding hydrogens is 502 g/mol. The fraction of sp³-hybridized carbons (Fsp3) is 0.143. The highest BCUT2D eigenvalue weighted by Crippen LogP contribution is 2.36. The number of nitrogens with one attached hydrogen (secondary N) is 1. The molecule has 0 aliphatic rings. The Kier molecular flexibility index (Phi) is 5.52. The van der Waals surface area contributed by atoms with Crippen LogP contribution in [0.1, 0.15) is 18.5 Å². The van der Waals surface area contributed by atoms with E-state index in [9.17, 15) is 0 Å². The van der Waals surface area contributed by atoms with Gasteiger partial charge in [0.05, 0.1) is 5.69 Å². The van der Waals surface area contributed by atoms with Gasteiger partial charge >= 0.3 is 0 Å². The maximum Gasteiger partial charge on any atom is 0.0634 e. The van der Waals surface area contributed by atoms with Crippen molar-refractivity contribution in [2.45, 2.75) is 13.0 Å². The van der Waals surface area contributed by atoms with E-state index in [-0.39, 0.29) is 6.04 Å². The van der Waals surface area contributed by atoms with E-state index in [1.54, 1.807) is 0 Å². The van der Waals surface area contributed by atoms with Crippen LogP contribution >= 0.6 is 63.7 Å². The highest BCUT2D eigenvalue weighted by molar-refractivity contribution is 9.11. The number of hydrogen-bond acceptors (Lipinski definition) is 1. The Bertz CT molecular complexity index is 557. The van der Waals surface area contributed by atoms with Crippen LogP contribution in [0.3, 0.4) is 0 Å². The number of anilines is 1. The highest BCUT2D eigenvalue weighted by atomic mass is 79.9. The van der Waals surface area contributed by atoms with Crippen LogP contribution in [0.4, 0.5) is 5.69 Å². The zero-order chi connectivity index (χ0) is 14.0. The van der Waals surface area contributed by atoms with Crippen LogP contribution in [0.25, 0.3) is 0 Å². The molecule has 0 saturated carbocycles. The van der Waals surface area contributed by atoms with E-state index in [1.165, 1.54) is 5.56 Å². The summed E-state index contributed by atoms with van der Waals surface area (Å²) in [5, 5.41) is 3.51. The van der Waals surface area contributed by atoms with Gasteiger partial charge in [-0.05, 0) is 68.6 Å². The van der Waals surface area contributed by atoms with E-state index in [4.69, 9.17) is 0 Å². The van der Waals surface area contributed by atoms with E-state index in [0.717, 1.165) is 23.6 Å². The van der Waals surface area contributed by atoms with Crippen molar-refractivity contribution < 1.29 is 0 Å². The van der Waals surface area contributed by atoms with Crippen molar-refractivity contribution in [1.82, 2.24) is 0 Å². The van der Waals surface area contributed by atoms with Crippen molar-refractivity contribution in [3.05, 3.63) is 59.9 Å². The van der Waals surface area contributed by atoms with Gasteiger partial charge in [0.25, 0.3) is 0 Å². The molecule has 0 spiro atoms. The number of rotatable bonds is 3. The summed E-state index contributed by atoms with van der Waals surface area (Å²) in [5.74, 6) is 0. The summed E-state index contributed by atoms with van der Waals surface area (Å²) >= 11 is 14.1. The van der Waals surface area contributed by atoms with Gasteiger partial charge in [-0.15, -0.1) is 0 Å². The van der Waals surface area contributed by atoms with Crippen LogP contribution in [0.2, 0.25) is 0 Å². The first-order valence-electron chi connectivity index (χ1n) is 5.64. The lowest BCUT2D eigenvalue weighted by Crippen LogP contribution is -2.07. The fourth-order valence-electron chi connectivity index (χ4n) is 1.73. The van der Waals surface area contributed by atoms with E-state index in [1.807, 2.05) is 12.1 Å². The molecule has 0 heterocycles. The molecule has 0 fully saturated rings. The van der Waals surface area contributed by atoms with Gasteiger partial charge in [0.2, 0.25) is 0 Å². The minimum Gasteiger partial charge on any atom is -0.377 e. The molecule has 0 radical (unpaired) electrons. The third-order valence-electron chi connectivity index (χ3n) is 2.74. The van der Waals surface area contributed by atoms with Crippen molar-refractivity contribution in [2.75, 3.05) is 5.32 Å². The SMILES string of the molecule is CC(Nc1c(Br)cc(Br)cc1Br)c1ccc(Br)cc1. The van der Waals surface area contributed by atoms with Gasteiger partial charge in [0, 0.05) is 23.9 Å². The summed E-state index contributed by atoms with van der Waals surface area (Å²) in [6.07, 6.45) is 0. The zero-order valence-corrected chi connectivity index (χ0v) is 16.4. The minimum atomic E-state index is 0.224. The molecule has 0 aromatic heterocycles. The third-order valence-corrected chi connectivity index (χ3v) is 4.98. The van der Waals surface area contributed by atoms with Crippen molar-refractivity contribution in [3.63, 3.8) is 0 Å². The second-order valence-electron chi connectivity index (χ2n) is 4.16. The first-order valence-corrected chi connectivity index (χ1v) is 8.81. The average Bonchev–Trinajstić information content (AvgIpc) is 2.34. The van der Waals surface area contributed by atoms with Crippen molar-refractivity contribution in [3.8, 4) is 0 Å². The summed E-state index contributed by atoms with van der Waals surface area (Å²) in [6, 6.07) is 12.6. The molecule has 2 aromatic carbocycles. The molecule has 5 heteroatoms. The number of benzene rings is 2. The Morgan fingerprint density at radius 3 is 1.89 bits per heavy atom. The van der Waals surface area contributed by atoms with Crippen LogP contribution in [-0.4, -0.2) is 0 Å². The van der Waals surface area contributed by atoms with E-state index in [2.05, 4.69) is 100 Å². The van der Waals surface area contributed by atoms with Gasteiger partial charge in [0.1, 0.15) is 0 Å². The predicted molar refractivity (Wildman–Crippen MR) is 95.7 cm³/mol. The molecule has 2 rings (SSSR count). The summed E-state index contributed by atoms with van der Waals surface area (Å²) in [5.41, 5.74) is 2.29. The fourth-order valence-corrected chi connectivity index (χ4v) is 4.48. The Hall–Kier alpha value is 0.160. The smallest absolute Gasteiger partial charge is 0.0634 e. The molecule has 1 nitrogen and oxygen atoms in total. The average molecular weight is 513 g/mol. The Labute approximate surface area is 146 Å². The van der Waals surface area contributed by atoms with Crippen LogP contribution < -0.4 is 5.32 Å². The quantitative estimate of drug-likeness (QED) is 0.471. The number of halogens is 4. The van der Waals surface area contributed by atoms with E-state index in [0.29, 0.717) is 0 Å². The zero-order valence-electron chi connectivity index (χ0n) is 10.1. The molecule has 0 bridgehead atoms. The maximum atomic E-state index is 3.58. The lowest BCUT2D eigenvalue weighted by molar-refractivity contribution is 0.882. The van der Waals surface area contributed by atoms with Gasteiger partial charge in [0.15, 0.2) is 0 Å².